The molecule has 8 heteroatoms. The van der Waals surface area contributed by atoms with Crippen LogP contribution in [0.15, 0.2) is 36.4 Å². The molecule has 120 valence electrons. The van der Waals surface area contributed by atoms with E-state index in [4.69, 9.17) is 14.9 Å². The van der Waals surface area contributed by atoms with Gasteiger partial charge in [-0.2, -0.15) is 0 Å². The van der Waals surface area contributed by atoms with Gasteiger partial charge in [-0.15, -0.1) is 0 Å². The smallest absolute Gasteiger partial charge is 0.343 e. The minimum absolute atomic E-state index is 0.290. The fourth-order valence-corrected chi connectivity index (χ4v) is 1.95. The van der Waals surface area contributed by atoms with Gasteiger partial charge in [-0.3, -0.25) is 0 Å². The fourth-order valence-electron chi connectivity index (χ4n) is 1.95. The lowest BCUT2D eigenvalue weighted by Crippen LogP contribution is -2.41. The van der Waals surface area contributed by atoms with Crippen LogP contribution >= 0.6 is 0 Å². The molecule has 2 aromatic rings. The number of ether oxygens (including phenoxy) is 1. The molecule has 0 bridgehead atoms. The Kier molecular flexibility index (Phi) is 4.58. The number of hydrogen-bond acceptors (Lipinski definition) is 6. The Morgan fingerprint density at radius 2 is 1.57 bits per heavy atom. The van der Waals surface area contributed by atoms with Gasteiger partial charge in [0.1, 0.15) is 5.56 Å². The maximum absolute atomic E-state index is 11.8. The number of carboxylic acids is 2. The third-order valence-electron chi connectivity index (χ3n) is 3.11. The molecule has 0 aromatic heterocycles. The van der Waals surface area contributed by atoms with Crippen molar-refractivity contribution in [1.82, 2.24) is 0 Å². The first-order chi connectivity index (χ1) is 10.8. The van der Waals surface area contributed by atoms with Gasteiger partial charge in [0.2, 0.25) is 0 Å². The molecule has 0 amide bonds. The summed E-state index contributed by atoms with van der Waals surface area (Å²) in [5.41, 5.74) is -0.339. The summed E-state index contributed by atoms with van der Waals surface area (Å²) in [7, 11) is 0. The molecule has 4 N–H and O–H groups in total. The van der Waals surface area contributed by atoms with Crippen LogP contribution in [0.5, 0.6) is 5.75 Å². The molecule has 0 aliphatic carbocycles. The summed E-state index contributed by atoms with van der Waals surface area (Å²) in [6, 6.07) is 9.17. The number of benzene rings is 2. The van der Waals surface area contributed by atoms with Gasteiger partial charge in [0, 0.05) is 5.39 Å². The molecule has 0 saturated carbocycles. The molecule has 0 radical (unpaired) electrons. The molecule has 0 spiro atoms. The number of aliphatic hydroxyl groups is 2. The first kappa shape index (κ1) is 16.4. The van der Waals surface area contributed by atoms with E-state index in [1.165, 1.54) is 18.2 Å². The van der Waals surface area contributed by atoms with Crippen molar-refractivity contribution in [3.8, 4) is 5.75 Å². The van der Waals surface area contributed by atoms with Crippen LogP contribution < -0.4 is 4.74 Å². The lowest BCUT2D eigenvalue weighted by molar-refractivity contribution is -0.164. The number of carbonyl (C=O) groups excluding carboxylic acids is 1. The molecule has 2 atom stereocenters. The number of carbonyl (C=O) groups is 3. The number of aliphatic carboxylic acids is 1. The Labute approximate surface area is 129 Å². The van der Waals surface area contributed by atoms with Gasteiger partial charge in [-0.25, -0.2) is 14.4 Å². The van der Waals surface area contributed by atoms with E-state index in [0.717, 1.165) is 0 Å². The standard InChI is InChI=1S/C15H12O8/c16-10(14(20)21)11(17)15(22)23-12-8-4-2-1-3-7(8)5-6-9(12)13(18)19/h1-6,10-11,16-17H,(H,18,19)(H,20,21). The molecule has 2 unspecified atom stereocenters. The van der Waals surface area contributed by atoms with Crippen molar-refractivity contribution in [2.75, 3.05) is 0 Å². The minimum atomic E-state index is -2.38. The van der Waals surface area contributed by atoms with Gasteiger partial charge in [0.05, 0.1) is 0 Å². The van der Waals surface area contributed by atoms with Gasteiger partial charge in [0.25, 0.3) is 0 Å². The third-order valence-corrected chi connectivity index (χ3v) is 3.11. The molecule has 0 fully saturated rings. The second-order valence-electron chi connectivity index (χ2n) is 4.62. The topological polar surface area (TPSA) is 141 Å². The van der Waals surface area contributed by atoms with Crippen LogP contribution in [0.3, 0.4) is 0 Å². The Balaban J connectivity index is 2.45. The largest absolute Gasteiger partial charge is 0.479 e. The summed E-state index contributed by atoms with van der Waals surface area (Å²) in [6.07, 6.45) is -4.74. The number of hydrogen-bond donors (Lipinski definition) is 4. The number of rotatable bonds is 5. The lowest BCUT2D eigenvalue weighted by atomic mass is 10.1. The summed E-state index contributed by atoms with van der Waals surface area (Å²) in [5.74, 6) is -4.99. The summed E-state index contributed by atoms with van der Waals surface area (Å²) in [4.78, 5) is 33.6. The quantitative estimate of drug-likeness (QED) is 0.454. The molecule has 0 saturated heterocycles. The van der Waals surface area contributed by atoms with Gasteiger partial charge >= 0.3 is 17.9 Å². The zero-order valence-electron chi connectivity index (χ0n) is 11.5. The zero-order valence-corrected chi connectivity index (χ0v) is 11.5. The maximum Gasteiger partial charge on any atom is 0.343 e. The molecule has 2 rings (SSSR count). The third kappa shape index (κ3) is 3.28. The Bertz CT molecular complexity index is 782. The van der Waals surface area contributed by atoms with Crippen molar-refractivity contribution in [2.24, 2.45) is 0 Å². The average molecular weight is 320 g/mol. The van der Waals surface area contributed by atoms with Crippen LogP contribution in [0.25, 0.3) is 10.8 Å². The fraction of sp³-hybridized carbons (Fsp3) is 0.133. The van der Waals surface area contributed by atoms with Gasteiger partial charge in [-0.05, 0) is 11.5 Å². The summed E-state index contributed by atoms with van der Waals surface area (Å²) < 4.78 is 4.86. The Morgan fingerprint density at radius 3 is 2.17 bits per heavy atom. The predicted molar refractivity (Wildman–Crippen MR) is 76.2 cm³/mol. The number of carboxylic acid groups (broad SMARTS) is 2. The van der Waals surface area contributed by atoms with Crippen molar-refractivity contribution in [3.63, 3.8) is 0 Å². The van der Waals surface area contributed by atoms with Crippen LogP contribution in [0.1, 0.15) is 10.4 Å². The number of aromatic carboxylic acids is 1. The van der Waals surface area contributed by atoms with E-state index >= 15 is 0 Å². The highest BCUT2D eigenvalue weighted by atomic mass is 16.6. The van der Waals surface area contributed by atoms with Crippen molar-refractivity contribution in [3.05, 3.63) is 42.0 Å². The predicted octanol–water partition coefficient (Wildman–Crippen LogP) is 0.250. The zero-order chi connectivity index (χ0) is 17.1. The Morgan fingerprint density at radius 1 is 0.913 bits per heavy atom. The lowest BCUT2D eigenvalue weighted by Gasteiger charge is -2.15. The van der Waals surface area contributed by atoms with Crippen molar-refractivity contribution in [2.45, 2.75) is 12.2 Å². The van der Waals surface area contributed by atoms with Crippen LogP contribution in [0.4, 0.5) is 0 Å². The number of aliphatic hydroxyl groups excluding tert-OH is 2. The van der Waals surface area contributed by atoms with Crippen molar-refractivity contribution in [1.29, 1.82) is 0 Å². The van der Waals surface area contributed by atoms with Gasteiger partial charge in [-0.1, -0.05) is 30.3 Å². The molecular formula is C15H12O8. The van der Waals surface area contributed by atoms with Gasteiger partial charge < -0.3 is 25.2 Å². The molecule has 2 aromatic carbocycles. The van der Waals surface area contributed by atoms with Crippen LogP contribution in [0.2, 0.25) is 0 Å². The monoisotopic (exact) mass is 320 g/mol. The van der Waals surface area contributed by atoms with Gasteiger partial charge in [0.15, 0.2) is 18.0 Å². The number of fused-ring (bicyclic) bond motifs is 1. The number of esters is 1. The molecule has 23 heavy (non-hydrogen) atoms. The highest BCUT2D eigenvalue weighted by Gasteiger charge is 2.32. The van der Waals surface area contributed by atoms with Crippen LogP contribution in [-0.2, 0) is 9.59 Å². The maximum atomic E-state index is 11.8. The molecule has 8 nitrogen and oxygen atoms in total. The summed E-state index contributed by atoms with van der Waals surface area (Å²) in [6.45, 7) is 0. The highest BCUT2D eigenvalue weighted by molar-refractivity contribution is 6.02. The molecular weight excluding hydrogens is 308 g/mol. The minimum Gasteiger partial charge on any atom is -0.479 e. The van der Waals surface area contributed by atoms with E-state index in [1.54, 1.807) is 18.2 Å². The van der Waals surface area contributed by atoms with E-state index in [0.29, 0.717) is 5.39 Å². The molecule has 0 aliphatic heterocycles. The molecule has 0 aliphatic rings. The SMILES string of the molecule is O=C(O)c1ccc2ccccc2c1OC(=O)C(O)C(O)C(=O)O. The first-order valence-corrected chi connectivity index (χ1v) is 6.38. The van der Waals surface area contributed by atoms with Crippen LogP contribution in [0, 0.1) is 0 Å². The normalized spacial score (nSPS) is 13.3. The summed E-state index contributed by atoms with van der Waals surface area (Å²) >= 11 is 0. The van der Waals surface area contributed by atoms with E-state index in [2.05, 4.69) is 0 Å². The van der Waals surface area contributed by atoms with E-state index in [9.17, 15) is 24.6 Å². The average Bonchev–Trinajstić information content (AvgIpc) is 2.53. The Hall–Kier alpha value is -2.97. The second kappa shape index (κ2) is 6.42. The first-order valence-electron chi connectivity index (χ1n) is 6.38. The van der Waals surface area contributed by atoms with E-state index in [-0.39, 0.29) is 16.7 Å². The van der Waals surface area contributed by atoms with Crippen molar-refractivity contribution >= 4 is 28.7 Å². The molecule has 0 heterocycles. The van der Waals surface area contributed by atoms with Crippen LogP contribution in [-0.4, -0.2) is 50.5 Å². The van der Waals surface area contributed by atoms with E-state index in [1.807, 2.05) is 0 Å². The highest BCUT2D eigenvalue weighted by Crippen LogP contribution is 2.30. The summed E-state index contributed by atoms with van der Waals surface area (Å²) in [5, 5.41) is 37.2. The van der Waals surface area contributed by atoms with Crippen molar-refractivity contribution < 1.29 is 39.5 Å². The second-order valence-corrected chi connectivity index (χ2v) is 4.62. The van der Waals surface area contributed by atoms with E-state index < -0.39 is 30.1 Å².